The van der Waals surface area contributed by atoms with Crippen LogP contribution in [0.15, 0.2) is 30.6 Å². The zero-order valence-corrected chi connectivity index (χ0v) is 10.8. The number of hydrogen-bond donors (Lipinski definition) is 1. The summed E-state index contributed by atoms with van der Waals surface area (Å²) in [5.41, 5.74) is 7.42. The number of nitrogens with zero attached hydrogens (tertiary/aromatic N) is 3. The van der Waals surface area contributed by atoms with Crippen LogP contribution in [-0.4, -0.2) is 22.7 Å². The van der Waals surface area contributed by atoms with Crippen LogP contribution in [0.2, 0.25) is 5.02 Å². The van der Waals surface area contributed by atoms with E-state index in [0.717, 1.165) is 0 Å². The minimum Gasteiger partial charge on any atom is -0.397 e. The number of nitrogens with two attached hydrogens (primary N) is 1. The third-order valence-electron chi connectivity index (χ3n) is 2.61. The van der Waals surface area contributed by atoms with Gasteiger partial charge in [0.05, 0.1) is 23.1 Å². The molecule has 0 saturated carbocycles. The molecule has 0 aliphatic heterocycles. The Labute approximate surface area is 110 Å². The molecule has 0 bridgehead atoms. The van der Waals surface area contributed by atoms with Crippen LogP contribution in [-0.2, 0) is 7.05 Å². The zero-order chi connectivity index (χ0) is 13.3. The lowest BCUT2D eigenvalue weighted by Gasteiger charge is -2.18. The van der Waals surface area contributed by atoms with Crippen molar-refractivity contribution in [1.82, 2.24) is 9.78 Å². The van der Waals surface area contributed by atoms with Gasteiger partial charge >= 0.3 is 0 Å². The highest BCUT2D eigenvalue weighted by molar-refractivity contribution is 6.31. The first kappa shape index (κ1) is 12.4. The van der Waals surface area contributed by atoms with Gasteiger partial charge in [-0.15, -0.1) is 0 Å². The second kappa shape index (κ2) is 4.70. The SMILES string of the molecule is CN(C(=O)c1cnn(C)c1)c1cc(Cl)ccc1N. The van der Waals surface area contributed by atoms with Gasteiger partial charge in [-0.25, -0.2) is 0 Å². The number of carbonyl (C=O) groups excluding carboxylic acids is 1. The Hall–Kier alpha value is -2.01. The summed E-state index contributed by atoms with van der Waals surface area (Å²) in [6.07, 6.45) is 3.17. The van der Waals surface area contributed by atoms with Gasteiger partial charge in [0.2, 0.25) is 0 Å². The molecule has 2 rings (SSSR count). The van der Waals surface area contributed by atoms with Crippen molar-refractivity contribution < 1.29 is 4.79 Å². The highest BCUT2D eigenvalue weighted by Crippen LogP contribution is 2.27. The van der Waals surface area contributed by atoms with E-state index in [9.17, 15) is 4.79 Å². The fraction of sp³-hybridized carbons (Fsp3) is 0.167. The summed E-state index contributed by atoms with van der Waals surface area (Å²) < 4.78 is 1.57. The van der Waals surface area contributed by atoms with Crippen LogP contribution in [0.25, 0.3) is 0 Å². The van der Waals surface area contributed by atoms with Crippen LogP contribution in [0, 0.1) is 0 Å². The quantitative estimate of drug-likeness (QED) is 0.843. The zero-order valence-electron chi connectivity index (χ0n) is 10.1. The topological polar surface area (TPSA) is 64.2 Å². The van der Waals surface area contributed by atoms with Crippen molar-refractivity contribution in [3.05, 3.63) is 41.2 Å². The predicted octanol–water partition coefficient (Wildman–Crippen LogP) is 1.93. The van der Waals surface area contributed by atoms with E-state index in [0.29, 0.717) is 22.0 Å². The Balaban J connectivity index is 2.33. The van der Waals surface area contributed by atoms with Crippen molar-refractivity contribution in [3.63, 3.8) is 0 Å². The standard InChI is InChI=1S/C12H13ClN4O/c1-16-7-8(6-15-16)12(18)17(2)11-5-9(13)3-4-10(11)14/h3-7H,14H2,1-2H3. The Bertz CT molecular complexity index is 594. The largest absolute Gasteiger partial charge is 0.397 e. The number of aryl methyl sites for hydroxylation is 1. The van der Waals surface area contributed by atoms with E-state index >= 15 is 0 Å². The summed E-state index contributed by atoms with van der Waals surface area (Å²) >= 11 is 5.91. The normalized spacial score (nSPS) is 10.4. The van der Waals surface area contributed by atoms with Crippen LogP contribution in [0.4, 0.5) is 11.4 Å². The van der Waals surface area contributed by atoms with E-state index in [1.54, 1.807) is 43.2 Å². The van der Waals surface area contributed by atoms with Crippen LogP contribution < -0.4 is 10.6 Å². The monoisotopic (exact) mass is 264 g/mol. The van der Waals surface area contributed by atoms with Crippen molar-refractivity contribution in [1.29, 1.82) is 0 Å². The fourth-order valence-corrected chi connectivity index (χ4v) is 1.81. The fourth-order valence-electron chi connectivity index (χ4n) is 1.64. The van der Waals surface area contributed by atoms with Gasteiger partial charge in [0.25, 0.3) is 5.91 Å². The number of carbonyl (C=O) groups is 1. The number of rotatable bonds is 2. The molecule has 0 fully saturated rings. The molecule has 5 nitrogen and oxygen atoms in total. The number of aromatic nitrogens is 2. The molecule has 0 spiro atoms. The summed E-state index contributed by atoms with van der Waals surface area (Å²) in [6, 6.07) is 5.01. The van der Waals surface area contributed by atoms with E-state index in [4.69, 9.17) is 17.3 Å². The number of halogens is 1. The van der Waals surface area contributed by atoms with Crippen LogP contribution in [0.1, 0.15) is 10.4 Å². The van der Waals surface area contributed by atoms with Crippen LogP contribution in [0.3, 0.4) is 0 Å². The third kappa shape index (κ3) is 2.31. The summed E-state index contributed by atoms with van der Waals surface area (Å²) in [5.74, 6) is -0.183. The maximum absolute atomic E-state index is 12.2. The Morgan fingerprint density at radius 1 is 1.50 bits per heavy atom. The van der Waals surface area contributed by atoms with Gasteiger partial charge in [0, 0.05) is 25.3 Å². The minimum atomic E-state index is -0.183. The average Bonchev–Trinajstić information content (AvgIpc) is 2.77. The van der Waals surface area contributed by atoms with Crippen LogP contribution in [0.5, 0.6) is 0 Å². The van der Waals surface area contributed by atoms with Gasteiger partial charge < -0.3 is 10.6 Å². The smallest absolute Gasteiger partial charge is 0.261 e. The minimum absolute atomic E-state index is 0.183. The molecule has 0 atom stereocenters. The van der Waals surface area contributed by atoms with E-state index in [1.807, 2.05) is 0 Å². The molecule has 0 aliphatic carbocycles. The average molecular weight is 265 g/mol. The molecule has 0 aliphatic rings. The summed E-state index contributed by atoms with van der Waals surface area (Å²) in [5, 5.41) is 4.50. The van der Waals surface area contributed by atoms with Gasteiger partial charge in [-0.3, -0.25) is 9.48 Å². The lowest BCUT2D eigenvalue weighted by atomic mass is 10.2. The first-order valence-corrected chi connectivity index (χ1v) is 5.68. The van der Waals surface area contributed by atoms with Crippen LogP contribution >= 0.6 is 11.6 Å². The van der Waals surface area contributed by atoms with Gasteiger partial charge in [0.15, 0.2) is 0 Å². The summed E-state index contributed by atoms with van der Waals surface area (Å²) in [4.78, 5) is 13.7. The molecule has 2 N–H and O–H groups in total. The number of nitrogen functional groups attached to an aromatic ring is 1. The van der Waals surface area contributed by atoms with Gasteiger partial charge in [-0.05, 0) is 18.2 Å². The maximum Gasteiger partial charge on any atom is 0.261 e. The molecule has 1 amide bonds. The van der Waals surface area contributed by atoms with Gasteiger partial charge in [-0.1, -0.05) is 11.6 Å². The van der Waals surface area contributed by atoms with Gasteiger partial charge in [0.1, 0.15) is 0 Å². The molecule has 1 heterocycles. The second-order valence-corrected chi connectivity index (χ2v) is 4.41. The molecule has 1 aromatic carbocycles. The van der Waals surface area contributed by atoms with Crippen molar-refractivity contribution in [2.24, 2.45) is 7.05 Å². The lowest BCUT2D eigenvalue weighted by Crippen LogP contribution is -2.26. The molecular weight excluding hydrogens is 252 g/mol. The molecule has 0 saturated heterocycles. The first-order chi connectivity index (χ1) is 8.49. The number of hydrogen-bond acceptors (Lipinski definition) is 3. The Kier molecular flexibility index (Phi) is 3.25. The third-order valence-corrected chi connectivity index (χ3v) is 2.85. The van der Waals surface area contributed by atoms with E-state index in [-0.39, 0.29) is 5.91 Å². The molecule has 0 unspecified atom stereocenters. The number of anilines is 2. The molecule has 0 radical (unpaired) electrons. The van der Waals surface area contributed by atoms with E-state index < -0.39 is 0 Å². The lowest BCUT2D eigenvalue weighted by molar-refractivity contribution is 0.0993. The van der Waals surface area contributed by atoms with Gasteiger partial charge in [-0.2, -0.15) is 5.10 Å². The number of amides is 1. The molecule has 94 valence electrons. The number of benzene rings is 1. The Morgan fingerprint density at radius 2 is 2.22 bits per heavy atom. The highest BCUT2D eigenvalue weighted by Gasteiger charge is 2.17. The molecule has 2 aromatic rings. The molecule has 6 heteroatoms. The molecule has 18 heavy (non-hydrogen) atoms. The first-order valence-electron chi connectivity index (χ1n) is 5.31. The Morgan fingerprint density at radius 3 is 2.83 bits per heavy atom. The van der Waals surface area contributed by atoms with Crippen molar-refractivity contribution in [2.45, 2.75) is 0 Å². The summed E-state index contributed by atoms with van der Waals surface area (Å²) in [6.45, 7) is 0. The molecule has 1 aromatic heterocycles. The van der Waals surface area contributed by atoms with Crippen molar-refractivity contribution in [2.75, 3.05) is 17.7 Å². The highest BCUT2D eigenvalue weighted by atomic mass is 35.5. The predicted molar refractivity (Wildman–Crippen MR) is 71.8 cm³/mol. The second-order valence-electron chi connectivity index (χ2n) is 3.97. The van der Waals surface area contributed by atoms with E-state index in [1.165, 1.54) is 11.1 Å². The maximum atomic E-state index is 12.2. The van der Waals surface area contributed by atoms with E-state index in [2.05, 4.69) is 5.10 Å². The summed E-state index contributed by atoms with van der Waals surface area (Å²) in [7, 11) is 3.40. The van der Waals surface area contributed by atoms with Crippen molar-refractivity contribution in [3.8, 4) is 0 Å². The molecular formula is C12H13ClN4O. The van der Waals surface area contributed by atoms with Crippen molar-refractivity contribution >= 4 is 28.9 Å².